The summed E-state index contributed by atoms with van der Waals surface area (Å²) in [7, 11) is 0. The summed E-state index contributed by atoms with van der Waals surface area (Å²) in [6.07, 6.45) is 6.95. The molecule has 1 unspecified atom stereocenters. The summed E-state index contributed by atoms with van der Waals surface area (Å²) in [5.74, 6) is -0.543. The first-order chi connectivity index (χ1) is 10.2. The molecule has 0 spiro atoms. The fourth-order valence-electron chi connectivity index (χ4n) is 2.85. The lowest BCUT2D eigenvalue weighted by molar-refractivity contribution is -0.137. The van der Waals surface area contributed by atoms with E-state index in [2.05, 4.69) is 16.8 Å². The third kappa shape index (κ3) is 4.84. The number of hydrogen-bond acceptors (Lipinski definition) is 3. The first-order valence-corrected chi connectivity index (χ1v) is 8.62. The number of unbranched alkanes of at least 4 members (excludes halogenated alkanes) is 3. The largest absolute Gasteiger partial charge is 0.481 e. The fraction of sp³-hybridized carbons (Fsp3) is 0.625. The number of amides is 1. The smallest absolute Gasteiger partial charge is 0.303 e. The first-order valence-electron chi connectivity index (χ1n) is 7.74. The number of rotatable bonds is 8. The van der Waals surface area contributed by atoms with Crippen LogP contribution in [0.4, 0.5) is 0 Å². The number of carboxylic acids is 1. The number of carbonyl (C=O) groups excluding carboxylic acids is 1. The molecule has 1 amide bonds. The highest BCUT2D eigenvalue weighted by molar-refractivity contribution is 7.10. The molecule has 1 aliphatic carbocycles. The van der Waals surface area contributed by atoms with E-state index < -0.39 is 5.97 Å². The summed E-state index contributed by atoms with van der Waals surface area (Å²) in [5, 5.41) is 13.7. The van der Waals surface area contributed by atoms with Crippen LogP contribution in [0.2, 0.25) is 0 Å². The summed E-state index contributed by atoms with van der Waals surface area (Å²) in [5.41, 5.74) is 1.23. The number of carbonyl (C=O) groups is 2. The quantitative estimate of drug-likeness (QED) is 0.724. The Labute approximate surface area is 129 Å². The van der Waals surface area contributed by atoms with E-state index in [1.165, 1.54) is 10.4 Å². The van der Waals surface area contributed by atoms with Crippen LogP contribution in [0.3, 0.4) is 0 Å². The minimum Gasteiger partial charge on any atom is -0.481 e. The molecule has 0 aliphatic heterocycles. The van der Waals surface area contributed by atoms with Crippen LogP contribution < -0.4 is 5.32 Å². The topological polar surface area (TPSA) is 66.4 Å². The Kier molecular flexibility index (Phi) is 6.23. The van der Waals surface area contributed by atoms with Crippen LogP contribution in [0.25, 0.3) is 0 Å². The van der Waals surface area contributed by atoms with Gasteiger partial charge >= 0.3 is 5.97 Å². The Bertz CT molecular complexity index is 484. The maximum atomic E-state index is 12.3. The monoisotopic (exact) mass is 309 g/mol. The molecule has 0 bridgehead atoms. The van der Waals surface area contributed by atoms with Crippen molar-refractivity contribution in [2.24, 2.45) is 0 Å². The van der Waals surface area contributed by atoms with E-state index in [0.717, 1.165) is 44.9 Å². The number of nitrogens with one attached hydrogen (secondary N) is 1. The van der Waals surface area contributed by atoms with Gasteiger partial charge in [-0.3, -0.25) is 9.59 Å². The molecule has 1 aromatic rings. The van der Waals surface area contributed by atoms with Gasteiger partial charge in [-0.15, -0.1) is 11.3 Å². The Morgan fingerprint density at radius 1 is 1.29 bits per heavy atom. The molecule has 0 fully saturated rings. The summed E-state index contributed by atoms with van der Waals surface area (Å²) >= 11 is 1.76. The number of carboxylic acid groups (broad SMARTS) is 1. The Morgan fingerprint density at radius 2 is 2.10 bits per heavy atom. The molecule has 2 N–H and O–H groups in total. The molecular weight excluding hydrogens is 286 g/mol. The van der Waals surface area contributed by atoms with Gasteiger partial charge in [-0.05, 0) is 49.1 Å². The van der Waals surface area contributed by atoms with Gasteiger partial charge in [-0.1, -0.05) is 12.8 Å². The molecule has 5 heteroatoms. The molecule has 0 radical (unpaired) electrons. The minimum atomic E-state index is -0.729. The van der Waals surface area contributed by atoms with Gasteiger partial charge in [0.15, 0.2) is 0 Å². The molecule has 1 atom stereocenters. The lowest BCUT2D eigenvalue weighted by atomic mass is 9.87. The summed E-state index contributed by atoms with van der Waals surface area (Å²) in [4.78, 5) is 24.0. The second-order valence-corrected chi connectivity index (χ2v) is 6.59. The molecule has 1 aliphatic rings. The second-order valence-electron chi connectivity index (χ2n) is 5.59. The average Bonchev–Trinajstić information content (AvgIpc) is 2.93. The number of aryl methyl sites for hydroxylation is 1. The van der Waals surface area contributed by atoms with E-state index in [0.29, 0.717) is 6.54 Å². The maximum absolute atomic E-state index is 12.3. The third-order valence-corrected chi connectivity index (χ3v) is 4.98. The van der Waals surface area contributed by atoms with Gasteiger partial charge in [0.1, 0.15) is 0 Å². The van der Waals surface area contributed by atoms with E-state index in [4.69, 9.17) is 5.11 Å². The van der Waals surface area contributed by atoms with Crippen molar-refractivity contribution in [1.29, 1.82) is 0 Å². The number of aliphatic carboxylic acids is 1. The predicted molar refractivity (Wildman–Crippen MR) is 83.7 cm³/mol. The van der Waals surface area contributed by atoms with E-state index in [9.17, 15) is 9.59 Å². The van der Waals surface area contributed by atoms with Crippen molar-refractivity contribution >= 4 is 23.2 Å². The number of hydrogen-bond donors (Lipinski definition) is 2. The van der Waals surface area contributed by atoms with E-state index in [1.807, 2.05) is 0 Å². The van der Waals surface area contributed by atoms with Crippen LogP contribution in [0.1, 0.15) is 61.3 Å². The Hall–Kier alpha value is -1.36. The van der Waals surface area contributed by atoms with Gasteiger partial charge in [-0.2, -0.15) is 0 Å². The van der Waals surface area contributed by atoms with Crippen LogP contribution in [-0.4, -0.2) is 23.5 Å². The molecule has 1 heterocycles. The normalized spacial score (nSPS) is 17.2. The zero-order valence-electron chi connectivity index (χ0n) is 12.3. The molecular formula is C16H23NO3S. The molecule has 21 heavy (non-hydrogen) atoms. The molecule has 0 saturated carbocycles. The van der Waals surface area contributed by atoms with Crippen molar-refractivity contribution in [3.63, 3.8) is 0 Å². The van der Waals surface area contributed by atoms with Crippen LogP contribution >= 0.6 is 11.3 Å². The second kappa shape index (κ2) is 8.17. The lowest BCUT2D eigenvalue weighted by Gasteiger charge is -2.21. The molecule has 0 saturated heterocycles. The molecule has 116 valence electrons. The van der Waals surface area contributed by atoms with E-state index in [1.54, 1.807) is 11.3 Å². The fourth-order valence-corrected chi connectivity index (χ4v) is 3.84. The van der Waals surface area contributed by atoms with Crippen LogP contribution in [-0.2, 0) is 16.0 Å². The van der Waals surface area contributed by atoms with Gasteiger partial charge in [0.05, 0.1) is 5.92 Å². The van der Waals surface area contributed by atoms with Crippen molar-refractivity contribution in [2.75, 3.05) is 6.54 Å². The molecule has 4 nitrogen and oxygen atoms in total. The standard InChI is InChI=1S/C16H23NO3S/c18-15(19)8-3-1-2-4-10-17-16(20)13-6-5-7-14-12(13)9-11-21-14/h9,11,13H,1-8,10H2,(H,17,20)(H,18,19). The van der Waals surface area contributed by atoms with Crippen LogP contribution in [0.15, 0.2) is 11.4 Å². The van der Waals surface area contributed by atoms with Gasteiger partial charge in [-0.25, -0.2) is 0 Å². The highest BCUT2D eigenvalue weighted by atomic mass is 32.1. The maximum Gasteiger partial charge on any atom is 0.303 e. The lowest BCUT2D eigenvalue weighted by Crippen LogP contribution is -2.31. The highest BCUT2D eigenvalue weighted by Crippen LogP contribution is 2.34. The highest BCUT2D eigenvalue weighted by Gasteiger charge is 2.26. The van der Waals surface area contributed by atoms with Gasteiger partial charge in [0, 0.05) is 17.8 Å². The summed E-state index contributed by atoms with van der Waals surface area (Å²) < 4.78 is 0. The van der Waals surface area contributed by atoms with Crippen molar-refractivity contribution in [3.05, 3.63) is 21.9 Å². The number of fused-ring (bicyclic) bond motifs is 1. The molecule has 0 aromatic carbocycles. The van der Waals surface area contributed by atoms with Crippen LogP contribution in [0, 0.1) is 0 Å². The number of thiophene rings is 1. The summed E-state index contributed by atoms with van der Waals surface area (Å²) in [6, 6.07) is 2.09. The van der Waals surface area contributed by atoms with Crippen LogP contribution in [0.5, 0.6) is 0 Å². The van der Waals surface area contributed by atoms with Crippen molar-refractivity contribution in [3.8, 4) is 0 Å². The molecule has 1 aromatic heterocycles. The third-order valence-electron chi connectivity index (χ3n) is 3.99. The van der Waals surface area contributed by atoms with Crippen molar-refractivity contribution < 1.29 is 14.7 Å². The SMILES string of the molecule is O=C(O)CCCCCCNC(=O)C1CCCc2sccc21. The predicted octanol–water partition coefficient (Wildman–Crippen LogP) is 3.32. The average molecular weight is 309 g/mol. The van der Waals surface area contributed by atoms with Gasteiger partial charge < -0.3 is 10.4 Å². The summed E-state index contributed by atoms with van der Waals surface area (Å²) in [6.45, 7) is 0.696. The van der Waals surface area contributed by atoms with E-state index >= 15 is 0 Å². The zero-order chi connectivity index (χ0) is 15.1. The molecule has 2 rings (SSSR count). The Morgan fingerprint density at radius 3 is 2.90 bits per heavy atom. The van der Waals surface area contributed by atoms with Gasteiger partial charge in [0.25, 0.3) is 0 Å². The Balaban J connectivity index is 1.64. The van der Waals surface area contributed by atoms with Crippen molar-refractivity contribution in [1.82, 2.24) is 5.32 Å². The first kappa shape index (κ1) is 16.0. The van der Waals surface area contributed by atoms with E-state index in [-0.39, 0.29) is 18.2 Å². The minimum absolute atomic E-state index is 0.0343. The zero-order valence-corrected chi connectivity index (χ0v) is 13.1. The van der Waals surface area contributed by atoms with Gasteiger partial charge in [0.2, 0.25) is 5.91 Å². The van der Waals surface area contributed by atoms with Crippen molar-refractivity contribution in [2.45, 2.75) is 57.3 Å².